The summed E-state index contributed by atoms with van der Waals surface area (Å²) in [4.78, 5) is 12.9. The summed E-state index contributed by atoms with van der Waals surface area (Å²) in [6.45, 7) is 3.97. The standard InChI is InChI=1S/C18H15ClFNO/c1-3-13-10-12-6-9-15(20)17(19)16(12)18(22)21(13)14-7-4-11(2)5-8-14/h4-10H,3H2,1-2H3. The zero-order valence-electron chi connectivity index (χ0n) is 12.4. The third kappa shape index (κ3) is 2.32. The predicted molar refractivity (Wildman–Crippen MR) is 88.6 cm³/mol. The molecule has 0 aliphatic heterocycles. The Labute approximate surface area is 132 Å². The van der Waals surface area contributed by atoms with E-state index in [1.807, 2.05) is 44.2 Å². The average Bonchev–Trinajstić information content (AvgIpc) is 2.51. The first-order valence-corrected chi connectivity index (χ1v) is 7.50. The fourth-order valence-electron chi connectivity index (χ4n) is 2.63. The van der Waals surface area contributed by atoms with Crippen LogP contribution < -0.4 is 5.56 Å². The molecule has 0 bridgehead atoms. The molecule has 3 rings (SSSR count). The van der Waals surface area contributed by atoms with Crippen molar-refractivity contribution in [1.82, 2.24) is 4.57 Å². The maximum Gasteiger partial charge on any atom is 0.264 e. The summed E-state index contributed by atoms with van der Waals surface area (Å²) in [5.74, 6) is -0.578. The molecule has 0 aliphatic carbocycles. The Morgan fingerprint density at radius 1 is 1.14 bits per heavy atom. The topological polar surface area (TPSA) is 22.0 Å². The average molecular weight is 316 g/mol. The van der Waals surface area contributed by atoms with Gasteiger partial charge >= 0.3 is 0 Å². The third-order valence-corrected chi connectivity index (χ3v) is 4.18. The van der Waals surface area contributed by atoms with E-state index in [1.54, 1.807) is 10.6 Å². The van der Waals surface area contributed by atoms with Gasteiger partial charge < -0.3 is 0 Å². The van der Waals surface area contributed by atoms with E-state index in [0.29, 0.717) is 11.8 Å². The van der Waals surface area contributed by atoms with Crippen LogP contribution in [0.2, 0.25) is 5.02 Å². The van der Waals surface area contributed by atoms with E-state index in [2.05, 4.69) is 0 Å². The maximum absolute atomic E-state index is 13.7. The summed E-state index contributed by atoms with van der Waals surface area (Å²) < 4.78 is 15.3. The number of aromatic nitrogens is 1. The molecule has 112 valence electrons. The molecule has 2 aromatic carbocycles. The van der Waals surface area contributed by atoms with Gasteiger partial charge in [0.05, 0.1) is 10.4 Å². The molecule has 0 atom stereocenters. The summed E-state index contributed by atoms with van der Waals surface area (Å²) in [7, 11) is 0. The molecule has 0 spiro atoms. The largest absolute Gasteiger partial charge is 0.281 e. The first kappa shape index (κ1) is 14.8. The molecule has 0 unspecified atom stereocenters. The highest BCUT2D eigenvalue weighted by atomic mass is 35.5. The number of pyridine rings is 1. The summed E-state index contributed by atoms with van der Waals surface area (Å²) >= 11 is 6.02. The zero-order chi connectivity index (χ0) is 15.9. The van der Waals surface area contributed by atoms with Gasteiger partial charge in [0, 0.05) is 11.4 Å². The van der Waals surface area contributed by atoms with Gasteiger partial charge in [0.2, 0.25) is 0 Å². The normalized spacial score (nSPS) is 11.1. The summed E-state index contributed by atoms with van der Waals surface area (Å²) in [6.07, 6.45) is 0.689. The lowest BCUT2D eigenvalue weighted by Gasteiger charge is -2.14. The van der Waals surface area contributed by atoms with Crippen molar-refractivity contribution in [2.75, 3.05) is 0 Å². The number of rotatable bonds is 2. The van der Waals surface area contributed by atoms with E-state index in [-0.39, 0.29) is 16.0 Å². The van der Waals surface area contributed by atoms with E-state index >= 15 is 0 Å². The van der Waals surface area contributed by atoms with Crippen LogP contribution in [0.15, 0.2) is 47.3 Å². The molecule has 0 amide bonds. The monoisotopic (exact) mass is 315 g/mol. The quantitative estimate of drug-likeness (QED) is 0.674. The van der Waals surface area contributed by atoms with Gasteiger partial charge in [0.15, 0.2) is 0 Å². The van der Waals surface area contributed by atoms with Crippen molar-refractivity contribution in [3.05, 3.63) is 74.9 Å². The lowest BCUT2D eigenvalue weighted by atomic mass is 10.1. The van der Waals surface area contributed by atoms with Gasteiger partial charge in [0.1, 0.15) is 5.82 Å². The van der Waals surface area contributed by atoms with Crippen molar-refractivity contribution in [2.45, 2.75) is 20.3 Å². The van der Waals surface area contributed by atoms with Gasteiger partial charge in [-0.15, -0.1) is 0 Å². The van der Waals surface area contributed by atoms with E-state index in [1.165, 1.54) is 6.07 Å². The maximum atomic E-state index is 13.7. The molecule has 2 nitrogen and oxygen atoms in total. The Morgan fingerprint density at radius 3 is 2.45 bits per heavy atom. The van der Waals surface area contributed by atoms with Crippen LogP contribution in [-0.2, 0) is 6.42 Å². The van der Waals surface area contributed by atoms with Crippen molar-refractivity contribution in [3.8, 4) is 5.69 Å². The van der Waals surface area contributed by atoms with Crippen molar-refractivity contribution < 1.29 is 4.39 Å². The highest BCUT2D eigenvalue weighted by Gasteiger charge is 2.14. The summed E-state index contributed by atoms with van der Waals surface area (Å²) in [5.41, 5.74) is 2.45. The molecule has 1 aromatic heterocycles. The van der Waals surface area contributed by atoms with Gasteiger partial charge in [0.25, 0.3) is 5.56 Å². The van der Waals surface area contributed by atoms with E-state index in [4.69, 9.17) is 11.6 Å². The molecule has 0 radical (unpaired) electrons. The molecule has 0 aliphatic rings. The Kier molecular flexibility index (Phi) is 3.75. The smallest absolute Gasteiger partial charge is 0.264 e. The molecule has 0 saturated carbocycles. The van der Waals surface area contributed by atoms with Crippen LogP contribution in [-0.4, -0.2) is 4.57 Å². The number of halogens is 2. The molecule has 0 fully saturated rings. The van der Waals surface area contributed by atoms with Crippen molar-refractivity contribution in [3.63, 3.8) is 0 Å². The number of hydrogen-bond acceptors (Lipinski definition) is 1. The molecular weight excluding hydrogens is 301 g/mol. The summed E-state index contributed by atoms with van der Waals surface area (Å²) in [6, 6.07) is 12.4. The van der Waals surface area contributed by atoms with Crippen LogP contribution in [0.1, 0.15) is 18.2 Å². The minimum atomic E-state index is -0.578. The van der Waals surface area contributed by atoms with Crippen molar-refractivity contribution >= 4 is 22.4 Å². The van der Waals surface area contributed by atoms with Crippen LogP contribution in [0.3, 0.4) is 0 Å². The van der Waals surface area contributed by atoms with Gasteiger partial charge in [-0.3, -0.25) is 9.36 Å². The summed E-state index contributed by atoms with van der Waals surface area (Å²) in [5, 5.41) is 0.766. The first-order valence-electron chi connectivity index (χ1n) is 7.12. The number of fused-ring (bicyclic) bond motifs is 1. The third-order valence-electron chi connectivity index (χ3n) is 3.81. The van der Waals surface area contributed by atoms with E-state index in [9.17, 15) is 9.18 Å². The first-order chi connectivity index (χ1) is 10.5. The predicted octanol–water partition coefficient (Wildman–Crippen LogP) is 4.65. The Bertz CT molecular complexity index is 913. The van der Waals surface area contributed by atoms with Crippen LogP contribution in [0.25, 0.3) is 16.5 Å². The highest BCUT2D eigenvalue weighted by molar-refractivity contribution is 6.35. The second-order valence-corrected chi connectivity index (χ2v) is 5.67. The van der Waals surface area contributed by atoms with E-state index in [0.717, 1.165) is 16.9 Å². The van der Waals surface area contributed by atoms with Crippen molar-refractivity contribution in [1.29, 1.82) is 0 Å². The Morgan fingerprint density at radius 2 is 1.82 bits per heavy atom. The SMILES string of the molecule is CCc1cc2ccc(F)c(Cl)c2c(=O)n1-c1ccc(C)cc1. The minimum Gasteiger partial charge on any atom is -0.281 e. The Balaban J connectivity index is 2.43. The Hall–Kier alpha value is -2.13. The fraction of sp³-hybridized carbons (Fsp3) is 0.167. The number of benzene rings is 2. The van der Waals surface area contributed by atoms with Crippen LogP contribution in [0, 0.1) is 12.7 Å². The molecule has 0 saturated heterocycles. The lowest BCUT2D eigenvalue weighted by molar-refractivity contribution is 0.630. The van der Waals surface area contributed by atoms with Gasteiger partial charge in [-0.25, -0.2) is 4.39 Å². The van der Waals surface area contributed by atoms with Crippen LogP contribution >= 0.6 is 11.6 Å². The van der Waals surface area contributed by atoms with Crippen LogP contribution in [0.4, 0.5) is 4.39 Å². The minimum absolute atomic E-state index is 0.119. The highest BCUT2D eigenvalue weighted by Crippen LogP contribution is 2.25. The molecule has 1 heterocycles. The molecule has 4 heteroatoms. The second-order valence-electron chi connectivity index (χ2n) is 5.29. The second kappa shape index (κ2) is 5.58. The number of aryl methyl sites for hydroxylation is 2. The number of nitrogens with zero attached hydrogens (tertiary/aromatic N) is 1. The van der Waals surface area contributed by atoms with Gasteiger partial charge in [-0.05, 0) is 43.0 Å². The molecule has 3 aromatic rings. The fourth-order valence-corrected chi connectivity index (χ4v) is 2.88. The number of hydrogen-bond donors (Lipinski definition) is 0. The van der Waals surface area contributed by atoms with Crippen LogP contribution in [0.5, 0.6) is 0 Å². The molecule has 22 heavy (non-hydrogen) atoms. The lowest BCUT2D eigenvalue weighted by Crippen LogP contribution is -2.22. The van der Waals surface area contributed by atoms with Crippen molar-refractivity contribution in [2.24, 2.45) is 0 Å². The van der Waals surface area contributed by atoms with E-state index < -0.39 is 5.82 Å². The van der Waals surface area contributed by atoms with Gasteiger partial charge in [-0.2, -0.15) is 0 Å². The molecular formula is C18H15ClFNO. The molecule has 0 N–H and O–H groups in total. The zero-order valence-corrected chi connectivity index (χ0v) is 13.1. The van der Waals surface area contributed by atoms with Gasteiger partial charge in [-0.1, -0.05) is 42.3 Å².